The first kappa shape index (κ1) is 11.8. The Balaban J connectivity index is 2.06. The third-order valence-corrected chi connectivity index (χ3v) is 3.30. The number of carbonyl (C=O) groups is 1. The van der Waals surface area contributed by atoms with Crippen LogP contribution in [0.15, 0.2) is 36.7 Å². The number of nitrogens with zero attached hydrogens (tertiary/aromatic N) is 2. The van der Waals surface area contributed by atoms with Crippen molar-refractivity contribution in [3.63, 3.8) is 0 Å². The highest BCUT2D eigenvalue weighted by molar-refractivity contribution is 7.13. The summed E-state index contributed by atoms with van der Waals surface area (Å²) in [5.41, 5.74) is 0.962. The Bertz CT molecular complexity index is 509. The molecule has 4 nitrogen and oxygen atoms in total. The normalized spacial score (nSPS) is 10.2. The van der Waals surface area contributed by atoms with E-state index in [2.05, 4.69) is 4.98 Å². The van der Waals surface area contributed by atoms with Crippen molar-refractivity contribution in [2.75, 3.05) is 0 Å². The van der Waals surface area contributed by atoms with Crippen LogP contribution in [0, 0.1) is 6.92 Å². The van der Waals surface area contributed by atoms with Gasteiger partial charge in [0.15, 0.2) is 0 Å². The summed E-state index contributed by atoms with van der Waals surface area (Å²) in [6, 6.07) is 7.40. The number of hydrogen-bond donors (Lipinski definition) is 1. The SMILES string of the molecule is Cc1ccc(C(=O)N(N)Cc2ccncc2)s1. The molecule has 2 aromatic rings. The fourth-order valence-corrected chi connectivity index (χ4v) is 2.27. The van der Waals surface area contributed by atoms with Crippen molar-refractivity contribution in [3.8, 4) is 0 Å². The molecule has 0 aromatic carbocycles. The Kier molecular flexibility index (Phi) is 3.51. The number of hydrogen-bond acceptors (Lipinski definition) is 4. The lowest BCUT2D eigenvalue weighted by Crippen LogP contribution is -2.36. The Morgan fingerprint density at radius 2 is 2.06 bits per heavy atom. The van der Waals surface area contributed by atoms with E-state index < -0.39 is 0 Å². The van der Waals surface area contributed by atoms with Crippen LogP contribution < -0.4 is 5.84 Å². The molecule has 17 heavy (non-hydrogen) atoms. The number of thiophene rings is 1. The smallest absolute Gasteiger partial charge is 0.271 e. The molecule has 0 aliphatic carbocycles. The van der Waals surface area contributed by atoms with Crippen molar-refractivity contribution in [1.82, 2.24) is 9.99 Å². The van der Waals surface area contributed by atoms with Gasteiger partial charge in [0.05, 0.1) is 11.4 Å². The Morgan fingerprint density at radius 1 is 1.35 bits per heavy atom. The van der Waals surface area contributed by atoms with Crippen LogP contribution in [0.1, 0.15) is 20.1 Å². The van der Waals surface area contributed by atoms with Gasteiger partial charge in [0, 0.05) is 17.3 Å². The standard InChI is InChI=1S/C12H13N3OS/c1-9-2-3-11(17-9)12(16)15(13)8-10-4-6-14-7-5-10/h2-7H,8,13H2,1H3. The van der Waals surface area contributed by atoms with E-state index in [1.807, 2.05) is 25.1 Å². The third-order valence-electron chi connectivity index (χ3n) is 2.31. The van der Waals surface area contributed by atoms with Crippen molar-refractivity contribution in [1.29, 1.82) is 0 Å². The second-order valence-electron chi connectivity index (χ2n) is 3.70. The van der Waals surface area contributed by atoms with Gasteiger partial charge in [-0.3, -0.25) is 14.8 Å². The van der Waals surface area contributed by atoms with Crippen LogP contribution in [0.3, 0.4) is 0 Å². The van der Waals surface area contributed by atoms with Gasteiger partial charge in [0.2, 0.25) is 0 Å². The van der Waals surface area contributed by atoms with Gasteiger partial charge < -0.3 is 0 Å². The fourth-order valence-electron chi connectivity index (χ4n) is 1.45. The molecule has 0 saturated carbocycles. The minimum absolute atomic E-state index is 0.153. The lowest BCUT2D eigenvalue weighted by atomic mass is 10.2. The summed E-state index contributed by atoms with van der Waals surface area (Å²) in [6.07, 6.45) is 3.37. The molecule has 0 saturated heterocycles. The molecule has 0 aliphatic rings. The second kappa shape index (κ2) is 5.07. The van der Waals surface area contributed by atoms with Crippen molar-refractivity contribution < 1.29 is 4.79 Å². The first-order chi connectivity index (χ1) is 8.16. The van der Waals surface area contributed by atoms with Crippen LogP contribution in [0.4, 0.5) is 0 Å². The first-order valence-corrected chi connectivity index (χ1v) is 6.00. The topological polar surface area (TPSA) is 59.2 Å². The maximum absolute atomic E-state index is 12.0. The van der Waals surface area contributed by atoms with E-state index in [-0.39, 0.29) is 5.91 Å². The number of aryl methyl sites for hydroxylation is 1. The van der Waals surface area contributed by atoms with Crippen LogP contribution in [0.5, 0.6) is 0 Å². The zero-order chi connectivity index (χ0) is 12.3. The minimum Gasteiger partial charge on any atom is -0.271 e. The zero-order valence-corrected chi connectivity index (χ0v) is 10.3. The predicted molar refractivity (Wildman–Crippen MR) is 67.4 cm³/mol. The number of carbonyl (C=O) groups excluding carboxylic acids is 1. The van der Waals surface area contributed by atoms with E-state index >= 15 is 0 Å². The Morgan fingerprint density at radius 3 is 2.65 bits per heavy atom. The molecule has 1 amide bonds. The van der Waals surface area contributed by atoms with Crippen LogP contribution in [-0.4, -0.2) is 15.9 Å². The number of rotatable bonds is 3. The molecule has 88 valence electrons. The van der Waals surface area contributed by atoms with Crippen molar-refractivity contribution >= 4 is 17.2 Å². The molecular weight excluding hydrogens is 234 g/mol. The summed E-state index contributed by atoms with van der Waals surface area (Å²) >= 11 is 1.45. The van der Waals surface area contributed by atoms with Gasteiger partial charge in [0.1, 0.15) is 0 Å². The molecule has 0 fully saturated rings. The van der Waals surface area contributed by atoms with E-state index in [4.69, 9.17) is 5.84 Å². The number of aromatic nitrogens is 1. The first-order valence-electron chi connectivity index (χ1n) is 5.19. The summed E-state index contributed by atoms with van der Waals surface area (Å²) in [5.74, 6) is 5.61. The number of hydrazine groups is 1. The van der Waals surface area contributed by atoms with Gasteiger partial charge in [0.25, 0.3) is 5.91 Å². The molecular formula is C12H13N3OS. The molecule has 5 heteroatoms. The summed E-state index contributed by atoms with van der Waals surface area (Å²) < 4.78 is 0. The highest BCUT2D eigenvalue weighted by atomic mass is 32.1. The number of amides is 1. The molecule has 0 unspecified atom stereocenters. The predicted octanol–water partition coefficient (Wildman–Crippen LogP) is 1.97. The highest BCUT2D eigenvalue weighted by Crippen LogP contribution is 2.16. The highest BCUT2D eigenvalue weighted by Gasteiger charge is 2.14. The average Bonchev–Trinajstić information content (AvgIpc) is 2.76. The van der Waals surface area contributed by atoms with Gasteiger partial charge in [-0.05, 0) is 36.8 Å². The van der Waals surface area contributed by atoms with Crippen molar-refractivity contribution in [2.24, 2.45) is 5.84 Å². The van der Waals surface area contributed by atoms with Gasteiger partial charge in [-0.2, -0.15) is 0 Å². The Hall–Kier alpha value is -1.72. The van der Waals surface area contributed by atoms with E-state index in [1.54, 1.807) is 18.5 Å². The van der Waals surface area contributed by atoms with E-state index in [9.17, 15) is 4.79 Å². The van der Waals surface area contributed by atoms with Crippen LogP contribution in [-0.2, 0) is 6.54 Å². The third kappa shape index (κ3) is 2.89. The molecule has 2 N–H and O–H groups in total. The molecule has 0 bridgehead atoms. The lowest BCUT2D eigenvalue weighted by molar-refractivity contribution is 0.0748. The average molecular weight is 247 g/mol. The molecule has 0 atom stereocenters. The summed E-state index contributed by atoms with van der Waals surface area (Å²) in [4.78, 5) is 17.6. The quantitative estimate of drug-likeness (QED) is 0.512. The van der Waals surface area contributed by atoms with E-state index in [0.717, 1.165) is 10.4 Å². The maximum Gasteiger partial charge on any atom is 0.278 e. The van der Waals surface area contributed by atoms with Gasteiger partial charge in [-0.25, -0.2) is 5.84 Å². The fraction of sp³-hybridized carbons (Fsp3) is 0.167. The molecule has 2 aromatic heterocycles. The Labute approximate surface area is 104 Å². The van der Waals surface area contributed by atoms with Gasteiger partial charge >= 0.3 is 0 Å². The van der Waals surface area contributed by atoms with E-state index in [0.29, 0.717) is 11.4 Å². The van der Waals surface area contributed by atoms with Gasteiger partial charge in [-0.15, -0.1) is 11.3 Å². The molecule has 0 radical (unpaired) electrons. The summed E-state index contributed by atoms with van der Waals surface area (Å²) in [7, 11) is 0. The number of pyridine rings is 1. The minimum atomic E-state index is -0.153. The molecule has 0 spiro atoms. The summed E-state index contributed by atoms with van der Waals surface area (Å²) in [6.45, 7) is 2.35. The zero-order valence-electron chi connectivity index (χ0n) is 9.46. The number of nitrogens with two attached hydrogens (primary N) is 1. The molecule has 2 rings (SSSR count). The monoisotopic (exact) mass is 247 g/mol. The maximum atomic E-state index is 12.0. The van der Waals surface area contributed by atoms with Crippen LogP contribution in [0.2, 0.25) is 0 Å². The molecule has 0 aliphatic heterocycles. The van der Waals surface area contributed by atoms with E-state index in [1.165, 1.54) is 16.3 Å². The van der Waals surface area contributed by atoms with Crippen LogP contribution in [0.25, 0.3) is 0 Å². The van der Waals surface area contributed by atoms with Crippen molar-refractivity contribution in [3.05, 3.63) is 52.0 Å². The van der Waals surface area contributed by atoms with Crippen LogP contribution >= 0.6 is 11.3 Å². The van der Waals surface area contributed by atoms with Gasteiger partial charge in [-0.1, -0.05) is 0 Å². The second-order valence-corrected chi connectivity index (χ2v) is 4.99. The molecule has 2 heterocycles. The largest absolute Gasteiger partial charge is 0.278 e. The van der Waals surface area contributed by atoms with Crippen molar-refractivity contribution in [2.45, 2.75) is 13.5 Å². The lowest BCUT2D eigenvalue weighted by Gasteiger charge is -2.15. The summed E-state index contributed by atoms with van der Waals surface area (Å²) in [5, 5.41) is 1.22.